The number of hydrogen-bond donors (Lipinski definition) is 0. The fourth-order valence-corrected chi connectivity index (χ4v) is 0.837. The van der Waals surface area contributed by atoms with Crippen LogP contribution in [0.1, 0.15) is 32.1 Å². The predicted molar refractivity (Wildman–Crippen MR) is 35.2 cm³/mol. The van der Waals surface area contributed by atoms with Crippen molar-refractivity contribution in [1.82, 2.24) is 0 Å². The van der Waals surface area contributed by atoms with Crippen LogP contribution in [0.2, 0.25) is 0 Å². The van der Waals surface area contributed by atoms with Gasteiger partial charge in [-0.15, -0.1) is 11.8 Å². The lowest BCUT2D eigenvalue weighted by Crippen LogP contribution is -1.81. The van der Waals surface area contributed by atoms with E-state index < -0.39 is 0 Å². The molecule has 0 spiro atoms. The van der Waals surface area contributed by atoms with Gasteiger partial charge in [0.05, 0.1) is 0 Å². The first-order valence-electron chi connectivity index (χ1n) is 3.27. The van der Waals surface area contributed by atoms with Gasteiger partial charge in [0.2, 0.25) is 0 Å². The van der Waals surface area contributed by atoms with Crippen LogP contribution in [0.4, 0.5) is 0 Å². The van der Waals surface area contributed by atoms with Gasteiger partial charge < -0.3 is 0 Å². The Labute approximate surface area is 51.3 Å². The molecule has 0 aromatic rings. The summed E-state index contributed by atoms with van der Waals surface area (Å²) in [7, 11) is 0. The van der Waals surface area contributed by atoms with E-state index in [4.69, 9.17) is 0 Å². The average molecular weight is 107 g/mol. The Kier molecular flexibility index (Phi) is 2.52. The molecule has 0 heteroatoms. The molecule has 0 heterocycles. The lowest BCUT2D eigenvalue weighted by atomic mass is 10.1. The molecule has 1 aliphatic rings. The van der Waals surface area contributed by atoms with Crippen molar-refractivity contribution in [3.8, 4) is 11.8 Å². The van der Waals surface area contributed by atoms with Crippen molar-refractivity contribution in [1.29, 1.82) is 0 Å². The van der Waals surface area contributed by atoms with Crippen LogP contribution >= 0.6 is 0 Å². The number of rotatable bonds is 0. The lowest BCUT2D eigenvalue weighted by Gasteiger charge is -1.96. The Morgan fingerprint density at radius 2 is 2.12 bits per heavy atom. The minimum Gasteiger partial charge on any atom is -0.103 e. The zero-order chi connectivity index (χ0) is 5.66. The van der Waals surface area contributed by atoms with Crippen molar-refractivity contribution >= 4 is 0 Å². The van der Waals surface area contributed by atoms with Gasteiger partial charge in [-0.2, -0.15) is 0 Å². The van der Waals surface area contributed by atoms with Crippen molar-refractivity contribution < 1.29 is 0 Å². The molecule has 0 aliphatic heterocycles. The minimum atomic E-state index is 1.01. The minimum absolute atomic E-state index is 1.01. The van der Waals surface area contributed by atoms with Gasteiger partial charge in [0.1, 0.15) is 0 Å². The Morgan fingerprint density at radius 3 is 3.12 bits per heavy atom. The van der Waals surface area contributed by atoms with Crippen LogP contribution in [0.15, 0.2) is 0 Å². The van der Waals surface area contributed by atoms with Crippen molar-refractivity contribution in [2.45, 2.75) is 32.1 Å². The zero-order valence-corrected chi connectivity index (χ0v) is 5.11. The monoisotopic (exact) mass is 107 g/mol. The molecule has 43 valence electrons. The SMILES string of the molecule is C1#CCCCC[CH]C1. The van der Waals surface area contributed by atoms with Crippen LogP contribution in [-0.2, 0) is 0 Å². The highest BCUT2D eigenvalue weighted by molar-refractivity contribution is 5.02. The Morgan fingerprint density at radius 1 is 1.12 bits per heavy atom. The Balaban J connectivity index is 2.24. The van der Waals surface area contributed by atoms with E-state index in [2.05, 4.69) is 18.3 Å². The second kappa shape index (κ2) is 3.55. The van der Waals surface area contributed by atoms with Crippen molar-refractivity contribution in [3.63, 3.8) is 0 Å². The third-order valence-electron chi connectivity index (χ3n) is 1.33. The van der Waals surface area contributed by atoms with Crippen molar-refractivity contribution in [2.24, 2.45) is 0 Å². The summed E-state index contributed by atoms with van der Waals surface area (Å²) in [5, 5.41) is 0. The molecule has 0 saturated carbocycles. The highest BCUT2D eigenvalue weighted by Crippen LogP contribution is 2.05. The van der Waals surface area contributed by atoms with E-state index >= 15 is 0 Å². The molecule has 0 aromatic carbocycles. The summed E-state index contributed by atoms with van der Waals surface area (Å²) in [4.78, 5) is 0. The molecule has 0 aromatic heterocycles. The van der Waals surface area contributed by atoms with Gasteiger partial charge >= 0.3 is 0 Å². The van der Waals surface area contributed by atoms with Crippen molar-refractivity contribution in [2.75, 3.05) is 0 Å². The molecule has 0 bridgehead atoms. The smallest absolute Gasteiger partial charge is 0.0120 e. The second-order valence-electron chi connectivity index (χ2n) is 2.09. The molecule has 1 aliphatic carbocycles. The van der Waals surface area contributed by atoms with Crippen LogP contribution in [0.5, 0.6) is 0 Å². The predicted octanol–water partition coefficient (Wildman–Crippen LogP) is 2.16. The molecule has 0 atom stereocenters. The fourth-order valence-electron chi connectivity index (χ4n) is 0.837. The first kappa shape index (κ1) is 5.69. The normalized spacial score (nSPS) is 20.0. The summed E-state index contributed by atoms with van der Waals surface area (Å²) in [6, 6.07) is 0. The maximum absolute atomic E-state index is 3.11. The van der Waals surface area contributed by atoms with E-state index in [1.54, 1.807) is 0 Å². The topological polar surface area (TPSA) is 0 Å². The van der Waals surface area contributed by atoms with E-state index in [9.17, 15) is 0 Å². The summed E-state index contributed by atoms with van der Waals surface area (Å²) in [5.41, 5.74) is 0. The van der Waals surface area contributed by atoms with E-state index in [1.807, 2.05) is 0 Å². The first-order chi connectivity index (χ1) is 4.00. The fraction of sp³-hybridized carbons (Fsp3) is 0.625. The average Bonchev–Trinajstić information content (AvgIpc) is 1.62. The summed E-state index contributed by atoms with van der Waals surface area (Å²) in [5.74, 6) is 6.19. The molecule has 1 rings (SSSR count). The largest absolute Gasteiger partial charge is 0.103 e. The van der Waals surface area contributed by atoms with Crippen molar-refractivity contribution in [3.05, 3.63) is 6.42 Å². The van der Waals surface area contributed by atoms with E-state index in [-0.39, 0.29) is 0 Å². The molecular formula is C8H11. The standard InChI is InChI=1S/C8H11/c1-2-4-6-8-7-5-3-1/h1H,2-4,6,8H2. The Bertz CT molecular complexity index is 90.9. The summed E-state index contributed by atoms with van der Waals surface area (Å²) >= 11 is 0. The summed E-state index contributed by atoms with van der Waals surface area (Å²) in [6.45, 7) is 0. The molecule has 0 saturated heterocycles. The van der Waals surface area contributed by atoms with E-state index in [0.717, 1.165) is 12.8 Å². The van der Waals surface area contributed by atoms with E-state index in [1.165, 1.54) is 19.3 Å². The van der Waals surface area contributed by atoms with Gasteiger partial charge in [0.15, 0.2) is 0 Å². The molecule has 0 nitrogen and oxygen atoms in total. The first-order valence-corrected chi connectivity index (χ1v) is 3.27. The maximum atomic E-state index is 3.11. The molecule has 0 unspecified atom stereocenters. The Hall–Kier alpha value is -0.440. The van der Waals surface area contributed by atoms with Crippen LogP contribution < -0.4 is 0 Å². The molecule has 1 radical (unpaired) electrons. The third kappa shape index (κ3) is 2.02. The summed E-state index contributed by atoms with van der Waals surface area (Å²) < 4.78 is 0. The van der Waals surface area contributed by atoms with Gasteiger partial charge in [-0.25, -0.2) is 0 Å². The van der Waals surface area contributed by atoms with Gasteiger partial charge in [0, 0.05) is 12.8 Å². The second-order valence-corrected chi connectivity index (χ2v) is 2.09. The molecule has 0 N–H and O–H groups in total. The number of hydrogen-bond acceptors (Lipinski definition) is 0. The lowest BCUT2D eigenvalue weighted by molar-refractivity contribution is 0.732. The van der Waals surface area contributed by atoms with Gasteiger partial charge in [-0.3, -0.25) is 0 Å². The van der Waals surface area contributed by atoms with E-state index in [0.29, 0.717) is 0 Å². The maximum Gasteiger partial charge on any atom is 0.0120 e. The third-order valence-corrected chi connectivity index (χ3v) is 1.33. The van der Waals surface area contributed by atoms with Gasteiger partial charge in [0.25, 0.3) is 0 Å². The molecular weight excluding hydrogens is 96.1 g/mol. The molecule has 0 amide bonds. The molecule has 0 fully saturated rings. The van der Waals surface area contributed by atoms with Crippen LogP contribution in [0, 0.1) is 18.3 Å². The van der Waals surface area contributed by atoms with Crippen LogP contribution in [0.25, 0.3) is 0 Å². The van der Waals surface area contributed by atoms with Gasteiger partial charge in [-0.05, 0) is 19.3 Å². The summed E-state index contributed by atoms with van der Waals surface area (Å²) in [6.07, 6.45) is 8.31. The highest BCUT2D eigenvalue weighted by atomic mass is 13.9. The van der Waals surface area contributed by atoms with Crippen LogP contribution in [-0.4, -0.2) is 0 Å². The van der Waals surface area contributed by atoms with Crippen LogP contribution in [0.3, 0.4) is 0 Å². The highest BCUT2D eigenvalue weighted by Gasteiger charge is 1.89. The molecule has 8 heavy (non-hydrogen) atoms. The quantitative estimate of drug-likeness (QED) is 0.416. The zero-order valence-electron chi connectivity index (χ0n) is 5.11. The van der Waals surface area contributed by atoms with Gasteiger partial charge in [-0.1, -0.05) is 6.42 Å².